The normalized spacial score (nSPS) is 23.6. The number of carbonyl (C=O) groups excluding carboxylic acids is 1. The molecule has 1 fully saturated rings. The zero-order valence-corrected chi connectivity index (χ0v) is 13.5. The van der Waals surface area contributed by atoms with Crippen molar-refractivity contribution in [2.75, 3.05) is 13.1 Å². The summed E-state index contributed by atoms with van der Waals surface area (Å²) in [5, 5.41) is 8.76. The molecule has 0 aromatic carbocycles. The van der Waals surface area contributed by atoms with Gasteiger partial charge in [-0.15, -0.1) is 0 Å². The summed E-state index contributed by atoms with van der Waals surface area (Å²) in [6.07, 6.45) is 4.79. The molecule has 122 valence electrons. The number of rotatable bonds is 8. The first kappa shape index (κ1) is 18.0. The Morgan fingerprint density at radius 3 is 2.57 bits per heavy atom. The number of carboxylic acids is 1. The number of carbonyl (C=O) groups is 2. The predicted molar refractivity (Wildman–Crippen MR) is 81.1 cm³/mol. The Labute approximate surface area is 127 Å². The van der Waals surface area contributed by atoms with Gasteiger partial charge in [0.1, 0.15) is 6.10 Å². The maximum absolute atomic E-state index is 12.5. The first-order valence-electron chi connectivity index (χ1n) is 8.13. The van der Waals surface area contributed by atoms with Gasteiger partial charge < -0.3 is 14.7 Å². The Kier molecular flexibility index (Phi) is 7.72. The zero-order valence-electron chi connectivity index (χ0n) is 13.5. The maximum Gasteiger partial charge on any atom is 0.305 e. The molecule has 0 bridgehead atoms. The number of hydrogen-bond acceptors (Lipinski definition) is 3. The molecule has 1 amide bonds. The molecule has 5 nitrogen and oxygen atoms in total. The molecule has 0 aromatic heterocycles. The smallest absolute Gasteiger partial charge is 0.305 e. The highest BCUT2D eigenvalue weighted by molar-refractivity contribution is 5.81. The molecule has 0 heterocycles. The Morgan fingerprint density at radius 2 is 2.05 bits per heavy atom. The van der Waals surface area contributed by atoms with E-state index in [1.807, 2.05) is 13.8 Å². The number of carboxylic acid groups (broad SMARTS) is 1. The van der Waals surface area contributed by atoms with Gasteiger partial charge in [0.2, 0.25) is 0 Å². The van der Waals surface area contributed by atoms with Gasteiger partial charge in [0, 0.05) is 13.1 Å². The average molecular weight is 299 g/mol. The van der Waals surface area contributed by atoms with Gasteiger partial charge >= 0.3 is 5.97 Å². The van der Waals surface area contributed by atoms with Gasteiger partial charge in [0.25, 0.3) is 5.91 Å². The highest BCUT2D eigenvalue weighted by Gasteiger charge is 2.28. The van der Waals surface area contributed by atoms with Crippen LogP contribution in [0.3, 0.4) is 0 Å². The second-order valence-electron chi connectivity index (χ2n) is 5.99. The molecule has 0 spiro atoms. The van der Waals surface area contributed by atoms with E-state index in [2.05, 4.69) is 6.92 Å². The van der Waals surface area contributed by atoms with Crippen LogP contribution in [0.5, 0.6) is 0 Å². The van der Waals surface area contributed by atoms with Crippen LogP contribution < -0.4 is 0 Å². The second-order valence-corrected chi connectivity index (χ2v) is 5.99. The minimum atomic E-state index is -0.878. The SMILES string of the molecule is CCC(OC1CCCC(C)C1)C(=O)N(CC)CCC(=O)O. The van der Waals surface area contributed by atoms with Crippen LogP contribution in [0.15, 0.2) is 0 Å². The van der Waals surface area contributed by atoms with E-state index < -0.39 is 12.1 Å². The van der Waals surface area contributed by atoms with Gasteiger partial charge in [-0.1, -0.05) is 26.7 Å². The second kappa shape index (κ2) is 9.03. The number of aliphatic carboxylic acids is 1. The van der Waals surface area contributed by atoms with Crippen LogP contribution >= 0.6 is 0 Å². The first-order chi connectivity index (χ1) is 9.97. The van der Waals surface area contributed by atoms with Crippen molar-refractivity contribution in [3.63, 3.8) is 0 Å². The standard InChI is InChI=1S/C16H29NO4/c1-4-14(21-13-8-6-7-12(3)11-13)16(20)17(5-2)10-9-15(18)19/h12-14H,4-11H2,1-3H3,(H,18,19). The van der Waals surface area contributed by atoms with Gasteiger partial charge in [0.15, 0.2) is 0 Å². The molecular weight excluding hydrogens is 270 g/mol. The van der Waals surface area contributed by atoms with Crippen LogP contribution in [0.25, 0.3) is 0 Å². The minimum Gasteiger partial charge on any atom is -0.481 e. The van der Waals surface area contributed by atoms with Gasteiger partial charge in [0.05, 0.1) is 12.5 Å². The summed E-state index contributed by atoms with van der Waals surface area (Å²) in [5.74, 6) is -0.290. The summed E-state index contributed by atoms with van der Waals surface area (Å²) in [4.78, 5) is 24.7. The fraction of sp³-hybridized carbons (Fsp3) is 0.875. The molecule has 3 unspecified atom stereocenters. The van der Waals surface area contributed by atoms with Crippen molar-refractivity contribution in [2.45, 2.75) is 71.5 Å². The van der Waals surface area contributed by atoms with Crippen molar-refractivity contribution < 1.29 is 19.4 Å². The summed E-state index contributed by atoms with van der Waals surface area (Å²) in [7, 11) is 0. The fourth-order valence-corrected chi connectivity index (χ4v) is 2.92. The minimum absolute atomic E-state index is 0.0174. The molecule has 1 aliphatic rings. The van der Waals surface area contributed by atoms with Crippen molar-refractivity contribution in [1.29, 1.82) is 0 Å². The number of ether oxygens (including phenoxy) is 1. The zero-order chi connectivity index (χ0) is 15.8. The van der Waals surface area contributed by atoms with Crippen LogP contribution in [0.2, 0.25) is 0 Å². The topological polar surface area (TPSA) is 66.8 Å². The van der Waals surface area contributed by atoms with Crippen molar-refractivity contribution in [3.05, 3.63) is 0 Å². The third kappa shape index (κ3) is 6.04. The highest BCUT2D eigenvalue weighted by Crippen LogP contribution is 2.27. The third-order valence-electron chi connectivity index (χ3n) is 4.18. The Balaban J connectivity index is 2.55. The molecule has 0 aromatic rings. The molecule has 21 heavy (non-hydrogen) atoms. The quantitative estimate of drug-likeness (QED) is 0.748. The maximum atomic E-state index is 12.5. The van der Waals surface area contributed by atoms with Crippen molar-refractivity contribution >= 4 is 11.9 Å². The van der Waals surface area contributed by atoms with Gasteiger partial charge in [-0.25, -0.2) is 0 Å². The number of nitrogens with zero attached hydrogens (tertiary/aromatic N) is 1. The monoisotopic (exact) mass is 299 g/mol. The molecule has 0 aliphatic heterocycles. The Bertz CT molecular complexity index is 345. The van der Waals surface area contributed by atoms with E-state index in [1.54, 1.807) is 4.90 Å². The lowest BCUT2D eigenvalue weighted by Gasteiger charge is -2.32. The number of amides is 1. The summed E-state index contributed by atoms with van der Waals surface area (Å²) in [6, 6.07) is 0. The van der Waals surface area contributed by atoms with Crippen LogP contribution in [0, 0.1) is 5.92 Å². The number of hydrogen-bond donors (Lipinski definition) is 1. The average Bonchev–Trinajstić information content (AvgIpc) is 2.45. The van der Waals surface area contributed by atoms with Gasteiger partial charge in [-0.3, -0.25) is 9.59 Å². The van der Waals surface area contributed by atoms with Crippen molar-refractivity contribution in [3.8, 4) is 0 Å². The molecular formula is C16H29NO4. The summed E-state index contributed by atoms with van der Waals surface area (Å²) >= 11 is 0. The van der Waals surface area contributed by atoms with Crippen LogP contribution in [-0.4, -0.2) is 47.2 Å². The van der Waals surface area contributed by atoms with E-state index in [4.69, 9.17) is 9.84 Å². The van der Waals surface area contributed by atoms with Gasteiger partial charge in [-0.05, 0) is 32.1 Å². The largest absolute Gasteiger partial charge is 0.481 e. The highest BCUT2D eigenvalue weighted by atomic mass is 16.5. The summed E-state index contributed by atoms with van der Waals surface area (Å²) < 4.78 is 6.02. The molecule has 5 heteroatoms. The van der Waals surface area contributed by atoms with Gasteiger partial charge in [-0.2, -0.15) is 0 Å². The Morgan fingerprint density at radius 1 is 1.33 bits per heavy atom. The van der Waals surface area contributed by atoms with Crippen molar-refractivity contribution in [1.82, 2.24) is 4.90 Å². The molecule has 1 N–H and O–H groups in total. The molecule has 1 saturated carbocycles. The molecule has 1 rings (SSSR count). The first-order valence-corrected chi connectivity index (χ1v) is 8.13. The fourth-order valence-electron chi connectivity index (χ4n) is 2.92. The summed E-state index contributed by atoms with van der Waals surface area (Å²) in [6.45, 7) is 6.82. The molecule has 3 atom stereocenters. The third-order valence-corrected chi connectivity index (χ3v) is 4.18. The van der Waals surface area contributed by atoms with E-state index in [-0.39, 0.29) is 25.0 Å². The lowest BCUT2D eigenvalue weighted by Crippen LogP contribution is -2.43. The van der Waals surface area contributed by atoms with E-state index in [1.165, 1.54) is 6.42 Å². The molecule has 0 radical (unpaired) electrons. The Hall–Kier alpha value is -1.10. The van der Waals surface area contributed by atoms with Crippen LogP contribution in [0.4, 0.5) is 0 Å². The lowest BCUT2D eigenvalue weighted by molar-refractivity contribution is -0.150. The molecule has 1 aliphatic carbocycles. The van der Waals surface area contributed by atoms with Crippen molar-refractivity contribution in [2.24, 2.45) is 5.92 Å². The lowest BCUT2D eigenvalue weighted by atomic mass is 9.88. The summed E-state index contributed by atoms with van der Waals surface area (Å²) in [5.41, 5.74) is 0. The van der Waals surface area contributed by atoms with E-state index >= 15 is 0 Å². The molecule has 0 saturated heterocycles. The van der Waals surface area contributed by atoms with Crippen LogP contribution in [0.1, 0.15) is 59.3 Å². The van der Waals surface area contributed by atoms with E-state index in [0.717, 1.165) is 19.3 Å². The number of likely N-dealkylation sites (N-methyl/N-ethyl adjacent to an activating group) is 1. The van der Waals surface area contributed by atoms with E-state index in [0.29, 0.717) is 18.9 Å². The van der Waals surface area contributed by atoms with E-state index in [9.17, 15) is 9.59 Å². The predicted octanol–water partition coefficient (Wildman–Crippen LogP) is 2.68. The van der Waals surface area contributed by atoms with Crippen LogP contribution in [-0.2, 0) is 14.3 Å².